The normalized spacial score (nSPS) is 10.1. The number of Topliss-reactive ketones (excluding diaryl/α,β-unsaturated/α-hetero) is 1. The van der Waals surface area contributed by atoms with Crippen LogP contribution >= 0.6 is 11.6 Å². The van der Waals surface area contributed by atoms with Gasteiger partial charge in [-0.3, -0.25) is 9.59 Å². The van der Waals surface area contributed by atoms with Crippen molar-refractivity contribution in [3.63, 3.8) is 0 Å². The molecule has 2 aromatic rings. The molecular formula is C19H17ClN2O5. The van der Waals surface area contributed by atoms with E-state index in [2.05, 4.69) is 4.98 Å². The molecule has 1 N–H and O–H groups in total. The zero-order valence-corrected chi connectivity index (χ0v) is 15.5. The number of nitriles is 1. The lowest BCUT2D eigenvalue weighted by Crippen LogP contribution is -2.10. The number of carbonyl (C=O) groups is 2. The fourth-order valence-electron chi connectivity index (χ4n) is 2.39. The van der Waals surface area contributed by atoms with Crippen LogP contribution in [0.3, 0.4) is 0 Å². The number of hydrogen-bond acceptors (Lipinski definition) is 7. The Morgan fingerprint density at radius 1 is 1.33 bits per heavy atom. The van der Waals surface area contributed by atoms with Crippen molar-refractivity contribution in [1.29, 1.82) is 5.26 Å². The Morgan fingerprint density at radius 2 is 2.07 bits per heavy atom. The van der Waals surface area contributed by atoms with Crippen molar-refractivity contribution in [2.45, 2.75) is 19.8 Å². The molecule has 1 aromatic carbocycles. The van der Waals surface area contributed by atoms with Gasteiger partial charge in [0.2, 0.25) is 0 Å². The van der Waals surface area contributed by atoms with Crippen LogP contribution in [0.5, 0.6) is 11.5 Å². The number of rotatable bonds is 7. The van der Waals surface area contributed by atoms with Crippen LogP contribution in [-0.4, -0.2) is 35.6 Å². The van der Waals surface area contributed by atoms with Gasteiger partial charge in [-0.2, -0.15) is 5.26 Å². The fourth-order valence-corrected chi connectivity index (χ4v) is 2.69. The largest absolute Gasteiger partial charge is 0.504 e. The number of esters is 1. The molecule has 7 nitrogen and oxygen atoms in total. The van der Waals surface area contributed by atoms with E-state index in [1.807, 2.05) is 6.07 Å². The number of ketones is 1. The van der Waals surface area contributed by atoms with Gasteiger partial charge in [-0.25, -0.2) is 4.98 Å². The van der Waals surface area contributed by atoms with E-state index in [9.17, 15) is 20.0 Å². The Labute approximate surface area is 161 Å². The highest BCUT2D eigenvalue weighted by atomic mass is 35.5. The molecule has 0 spiro atoms. The van der Waals surface area contributed by atoms with Crippen molar-refractivity contribution < 1.29 is 24.2 Å². The molecule has 0 unspecified atom stereocenters. The van der Waals surface area contributed by atoms with Gasteiger partial charge in [-0.15, -0.1) is 0 Å². The second kappa shape index (κ2) is 9.01. The molecule has 0 aliphatic heterocycles. The van der Waals surface area contributed by atoms with Gasteiger partial charge >= 0.3 is 5.97 Å². The number of methoxy groups -OCH3 is 1. The van der Waals surface area contributed by atoms with E-state index < -0.39 is 17.5 Å². The van der Waals surface area contributed by atoms with E-state index in [1.54, 1.807) is 25.1 Å². The minimum Gasteiger partial charge on any atom is -0.504 e. The molecule has 0 aliphatic carbocycles. The lowest BCUT2D eigenvalue weighted by Gasteiger charge is -2.11. The molecule has 0 bridgehead atoms. The average Bonchev–Trinajstić information content (AvgIpc) is 2.67. The second-order valence-corrected chi connectivity index (χ2v) is 5.79. The van der Waals surface area contributed by atoms with Gasteiger partial charge in [0.15, 0.2) is 11.5 Å². The molecule has 0 aliphatic rings. The van der Waals surface area contributed by atoms with Crippen LogP contribution in [0, 0.1) is 11.3 Å². The SMILES string of the molecule is CCOC(=O)CCC(=O)c1nc(-c2cccc(OC)c2Cl)cc(C#N)c1O. The maximum Gasteiger partial charge on any atom is 0.306 e. The quantitative estimate of drug-likeness (QED) is 0.570. The molecule has 0 saturated heterocycles. The van der Waals surface area contributed by atoms with Crippen molar-refractivity contribution >= 4 is 23.4 Å². The van der Waals surface area contributed by atoms with Crippen LogP contribution in [0.2, 0.25) is 5.02 Å². The molecule has 1 heterocycles. The van der Waals surface area contributed by atoms with Gasteiger partial charge in [0.05, 0.1) is 36.4 Å². The van der Waals surface area contributed by atoms with Crippen molar-refractivity contribution in [2.24, 2.45) is 0 Å². The van der Waals surface area contributed by atoms with E-state index in [0.29, 0.717) is 11.3 Å². The third kappa shape index (κ3) is 4.54. The van der Waals surface area contributed by atoms with Crippen molar-refractivity contribution in [2.75, 3.05) is 13.7 Å². The minimum absolute atomic E-state index is 0.127. The van der Waals surface area contributed by atoms with Gasteiger partial charge in [-0.05, 0) is 19.1 Å². The monoisotopic (exact) mass is 388 g/mol. The average molecular weight is 389 g/mol. The summed E-state index contributed by atoms with van der Waals surface area (Å²) >= 11 is 6.29. The third-order valence-electron chi connectivity index (χ3n) is 3.70. The van der Waals surface area contributed by atoms with Crippen molar-refractivity contribution in [1.82, 2.24) is 4.98 Å². The zero-order chi connectivity index (χ0) is 20.0. The summed E-state index contributed by atoms with van der Waals surface area (Å²) in [5.41, 5.74) is 0.241. The van der Waals surface area contributed by atoms with Gasteiger partial charge in [0.25, 0.3) is 0 Å². The number of pyridine rings is 1. The third-order valence-corrected chi connectivity index (χ3v) is 4.09. The number of carbonyl (C=O) groups excluding carboxylic acids is 2. The summed E-state index contributed by atoms with van der Waals surface area (Å²) in [7, 11) is 1.46. The predicted octanol–water partition coefficient (Wildman–Crippen LogP) is 3.51. The van der Waals surface area contributed by atoms with E-state index in [0.717, 1.165) is 0 Å². The predicted molar refractivity (Wildman–Crippen MR) is 97.8 cm³/mol. The molecule has 0 amide bonds. The summed E-state index contributed by atoms with van der Waals surface area (Å²) in [6.45, 7) is 1.87. The topological polar surface area (TPSA) is 110 Å². The van der Waals surface area contributed by atoms with E-state index >= 15 is 0 Å². The number of aromatic hydroxyl groups is 1. The zero-order valence-electron chi connectivity index (χ0n) is 14.8. The Kier molecular flexibility index (Phi) is 6.74. The molecule has 0 saturated carbocycles. The van der Waals surface area contributed by atoms with E-state index in [1.165, 1.54) is 13.2 Å². The molecule has 0 fully saturated rings. The number of aromatic nitrogens is 1. The summed E-state index contributed by atoms with van der Waals surface area (Å²) in [5.74, 6) is -1.25. The first-order valence-corrected chi connectivity index (χ1v) is 8.46. The Bertz CT molecular complexity index is 921. The molecule has 2 rings (SSSR count). The molecule has 1 aromatic heterocycles. The van der Waals surface area contributed by atoms with Gasteiger partial charge in [0, 0.05) is 12.0 Å². The standard InChI is InChI=1S/C19H17ClN2O5/c1-3-27-16(24)8-7-14(23)18-19(25)11(10-21)9-13(22-18)12-5-4-6-15(26-2)17(12)20/h4-6,9,25H,3,7-8H2,1-2H3. The summed E-state index contributed by atoms with van der Waals surface area (Å²) in [4.78, 5) is 28.1. The molecule has 8 heteroatoms. The number of nitrogens with zero attached hydrogens (tertiary/aromatic N) is 2. The molecule has 27 heavy (non-hydrogen) atoms. The highest BCUT2D eigenvalue weighted by molar-refractivity contribution is 6.34. The molecular weight excluding hydrogens is 372 g/mol. The summed E-state index contributed by atoms with van der Waals surface area (Å²) in [5, 5.41) is 19.7. The lowest BCUT2D eigenvalue weighted by molar-refractivity contribution is -0.143. The van der Waals surface area contributed by atoms with E-state index in [4.69, 9.17) is 21.1 Å². The van der Waals surface area contributed by atoms with Crippen LogP contribution in [0.15, 0.2) is 24.3 Å². The lowest BCUT2D eigenvalue weighted by atomic mass is 10.0. The highest BCUT2D eigenvalue weighted by Gasteiger charge is 2.21. The van der Waals surface area contributed by atoms with Crippen LogP contribution in [0.4, 0.5) is 0 Å². The first kappa shape index (κ1) is 20.2. The number of halogens is 1. The summed E-state index contributed by atoms with van der Waals surface area (Å²) in [6, 6.07) is 8.15. The number of ether oxygens (including phenoxy) is 2. The fraction of sp³-hybridized carbons (Fsp3) is 0.263. The number of benzene rings is 1. The summed E-state index contributed by atoms with van der Waals surface area (Å²) in [6.07, 6.45) is -0.362. The second-order valence-electron chi connectivity index (χ2n) is 5.41. The Hall–Kier alpha value is -3.11. The Balaban J connectivity index is 2.45. The first-order chi connectivity index (χ1) is 12.9. The maximum absolute atomic E-state index is 12.4. The summed E-state index contributed by atoms with van der Waals surface area (Å²) < 4.78 is 9.94. The van der Waals surface area contributed by atoms with Crippen LogP contribution in [0.25, 0.3) is 11.3 Å². The molecule has 140 valence electrons. The van der Waals surface area contributed by atoms with Gasteiger partial charge < -0.3 is 14.6 Å². The van der Waals surface area contributed by atoms with Gasteiger partial charge in [0.1, 0.15) is 17.5 Å². The minimum atomic E-state index is -0.585. The van der Waals surface area contributed by atoms with Crippen LogP contribution < -0.4 is 4.74 Å². The smallest absolute Gasteiger partial charge is 0.306 e. The number of hydrogen-bond donors (Lipinski definition) is 1. The molecule has 0 atom stereocenters. The molecule has 0 radical (unpaired) electrons. The van der Waals surface area contributed by atoms with Crippen molar-refractivity contribution in [3.8, 4) is 28.8 Å². The Morgan fingerprint density at radius 3 is 2.70 bits per heavy atom. The van der Waals surface area contributed by atoms with Gasteiger partial charge in [-0.1, -0.05) is 23.7 Å². The van der Waals surface area contributed by atoms with E-state index in [-0.39, 0.29) is 41.4 Å². The van der Waals surface area contributed by atoms with Crippen LogP contribution in [-0.2, 0) is 9.53 Å². The van der Waals surface area contributed by atoms with Crippen molar-refractivity contribution in [3.05, 3.63) is 40.5 Å². The van der Waals surface area contributed by atoms with Crippen LogP contribution in [0.1, 0.15) is 35.8 Å². The highest BCUT2D eigenvalue weighted by Crippen LogP contribution is 2.36. The first-order valence-electron chi connectivity index (χ1n) is 8.08. The maximum atomic E-state index is 12.4.